The summed E-state index contributed by atoms with van der Waals surface area (Å²) in [6.07, 6.45) is 0. The molecule has 1 heterocycles. The maximum Gasteiger partial charge on any atom is 0.265 e. The van der Waals surface area contributed by atoms with E-state index in [1.54, 1.807) is 42.5 Å². The quantitative estimate of drug-likeness (QED) is 0.672. The SMILES string of the molecule is CC(=O)c1ccc(NC(=O)c2ccc(S(=O)(=O)c3ccccc3)s2)cc1. The first kappa shape index (κ1) is 18.0. The first-order valence-corrected chi connectivity index (χ1v) is 10.0. The van der Waals surface area contributed by atoms with Crippen LogP contribution in [0.1, 0.15) is 27.0 Å². The van der Waals surface area contributed by atoms with Gasteiger partial charge in [0.25, 0.3) is 5.91 Å². The van der Waals surface area contributed by atoms with E-state index in [0.29, 0.717) is 11.3 Å². The van der Waals surface area contributed by atoms with Crippen molar-refractivity contribution in [3.8, 4) is 0 Å². The summed E-state index contributed by atoms with van der Waals surface area (Å²) >= 11 is 0.916. The van der Waals surface area contributed by atoms with E-state index >= 15 is 0 Å². The lowest BCUT2D eigenvalue weighted by atomic mass is 10.1. The van der Waals surface area contributed by atoms with Crippen molar-refractivity contribution >= 4 is 38.6 Å². The molecule has 0 spiro atoms. The van der Waals surface area contributed by atoms with Gasteiger partial charge in [-0.25, -0.2) is 8.42 Å². The molecule has 0 aliphatic heterocycles. The third-order valence-electron chi connectivity index (χ3n) is 3.67. The molecule has 0 unspecified atom stereocenters. The van der Waals surface area contributed by atoms with Gasteiger partial charge >= 0.3 is 0 Å². The lowest BCUT2D eigenvalue weighted by Gasteiger charge is -2.04. The molecule has 0 fully saturated rings. The van der Waals surface area contributed by atoms with Crippen LogP contribution in [0.3, 0.4) is 0 Å². The molecule has 1 aromatic heterocycles. The van der Waals surface area contributed by atoms with Crippen molar-refractivity contribution in [3.63, 3.8) is 0 Å². The molecule has 1 N–H and O–H groups in total. The van der Waals surface area contributed by atoms with Crippen LogP contribution < -0.4 is 5.32 Å². The fourth-order valence-electron chi connectivity index (χ4n) is 2.28. The Hall–Kier alpha value is -2.77. The average Bonchev–Trinajstić information content (AvgIpc) is 3.14. The Labute approximate surface area is 155 Å². The molecule has 2 aromatic carbocycles. The number of thiophene rings is 1. The number of rotatable bonds is 5. The molecule has 7 heteroatoms. The second kappa shape index (κ2) is 7.23. The smallest absolute Gasteiger partial charge is 0.265 e. The number of nitrogens with one attached hydrogen (secondary N) is 1. The highest BCUT2D eigenvalue weighted by molar-refractivity contribution is 7.93. The highest BCUT2D eigenvalue weighted by atomic mass is 32.2. The lowest BCUT2D eigenvalue weighted by Crippen LogP contribution is -2.10. The summed E-state index contributed by atoms with van der Waals surface area (Å²) in [5.74, 6) is -0.461. The molecule has 0 saturated carbocycles. The predicted octanol–water partition coefficient (Wildman–Crippen LogP) is 4.04. The van der Waals surface area contributed by atoms with Gasteiger partial charge < -0.3 is 5.32 Å². The van der Waals surface area contributed by atoms with E-state index in [2.05, 4.69) is 5.32 Å². The van der Waals surface area contributed by atoms with Gasteiger partial charge in [-0.1, -0.05) is 18.2 Å². The third-order valence-corrected chi connectivity index (χ3v) is 7.02. The Bertz CT molecular complexity index is 1050. The Morgan fingerprint density at radius 3 is 2.15 bits per heavy atom. The standard InChI is InChI=1S/C19H15NO4S2/c1-13(21)14-7-9-15(10-8-14)20-19(22)17-11-12-18(25-17)26(23,24)16-5-3-2-4-6-16/h2-12H,1H3,(H,20,22). The molecule has 0 atom stereocenters. The van der Waals surface area contributed by atoms with Crippen LogP contribution in [0.25, 0.3) is 0 Å². The highest BCUT2D eigenvalue weighted by Crippen LogP contribution is 2.28. The zero-order valence-electron chi connectivity index (χ0n) is 13.8. The minimum atomic E-state index is -3.64. The van der Waals surface area contributed by atoms with Crippen molar-refractivity contribution in [1.82, 2.24) is 0 Å². The van der Waals surface area contributed by atoms with Crippen LogP contribution in [-0.2, 0) is 9.84 Å². The van der Waals surface area contributed by atoms with Gasteiger partial charge in [-0.15, -0.1) is 11.3 Å². The van der Waals surface area contributed by atoms with Crippen LogP contribution in [-0.4, -0.2) is 20.1 Å². The number of carbonyl (C=O) groups excluding carboxylic acids is 2. The molecule has 132 valence electrons. The number of hydrogen-bond acceptors (Lipinski definition) is 5. The number of anilines is 1. The van der Waals surface area contributed by atoms with Gasteiger partial charge in [0.1, 0.15) is 4.21 Å². The largest absolute Gasteiger partial charge is 0.321 e. The topological polar surface area (TPSA) is 80.3 Å². The van der Waals surface area contributed by atoms with Crippen molar-refractivity contribution in [2.45, 2.75) is 16.0 Å². The Morgan fingerprint density at radius 1 is 0.885 bits per heavy atom. The number of carbonyl (C=O) groups is 2. The Morgan fingerprint density at radius 2 is 1.54 bits per heavy atom. The first-order valence-electron chi connectivity index (χ1n) is 7.70. The van der Waals surface area contributed by atoms with Crippen molar-refractivity contribution in [2.75, 3.05) is 5.32 Å². The third kappa shape index (κ3) is 3.74. The molecule has 0 bridgehead atoms. The molecule has 26 heavy (non-hydrogen) atoms. The number of ketones is 1. The number of amides is 1. The summed E-state index contributed by atoms with van der Waals surface area (Å²) in [4.78, 5) is 24.1. The Balaban J connectivity index is 1.79. The molecule has 0 saturated heterocycles. The van der Waals surface area contributed by atoms with Gasteiger partial charge in [0.2, 0.25) is 9.84 Å². The zero-order chi connectivity index (χ0) is 18.7. The van der Waals surface area contributed by atoms with Gasteiger partial charge in [0, 0.05) is 11.3 Å². The van der Waals surface area contributed by atoms with Crippen molar-refractivity contribution in [1.29, 1.82) is 0 Å². The van der Waals surface area contributed by atoms with Crippen molar-refractivity contribution in [2.24, 2.45) is 0 Å². The fraction of sp³-hybridized carbons (Fsp3) is 0.0526. The van der Waals surface area contributed by atoms with Crippen LogP contribution in [0.4, 0.5) is 5.69 Å². The summed E-state index contributed by atoms with van der Waals surface area (Å²) < 4.78 is 25.3. The monoisotopic (exact) mass is 385 g/mol. The summed E-state index contributed by atoms with van der Waals surface area (Å²) in [6, 6.07) is 17.5. The van der Waals surface area contributed by atoms with E-state index in [1.165, 1.54) is 31.2 Å². The molecular weight excluding hydrogens is 370 g/mol. The normalized spacial score (nSPS) is 11.1. The van der Waals surface area contributed by atoms with E-state index in [9.17, 15) is 18.0 Å². The second-order valence-electron chi connectivity index (χ2n) is 5.52. The van der Waals surface area contributed by atoms with Gasteiger partial charge in [0.05, 0.1) is 9.77 Å². The number of sulfone groups is 1. The molecule has 0 aliphatic carbocycles. The van der Waals surface area contributed by atoms with Crippen LogP contribution in [0.15, 0.2) is 75.8 Å². The van der Waals surface area contributed by atoms with Crippen LogP contribution in [0, 0.1) is 0 Å². The number of hydrogen-bond donors (Lipinski definition) is 1. The summed E-state index contributed by atoms with van der Waals surface area (Å²) in [5.41, 5.74) is 1.08. The maximum atomic E-state index is 12.6. The summed E-state index contributed by atoms with van der Waals surface area (Å²) in [7, 11) is -3.64. The minimum absolute atomic E-state index is 0.0584. The molecule has 1 amide bonds. The molecule has 3 rings (SSSR count). The average molecular weight is 385 g/mol. The predicted molar refractivity (Wildman–Crippen MR) is 101 cm³/mol. The van der Waals surface area contributed by atoms with E-state index in [0.717, 1.165) is 11.3 Å². The highest BCUT2D eigenvalue weighted by Gasteiger charge is 2.21. The van der Waals surface area contributed by atoms with E-state index < -0.39 is 15.7 Å². The number of Topliss-reactive ketones (excluding diaryl/α,β-unsaturated/α-hetero) is 1. The second-order valence-corrected chi connectivity index (χ2v) is 8.78. The summed E-state index contributed by atoms with van der Waals surface area (Å²) in [6.45, 7) is 1.47. The molecule has 3 aromatic rings. The minimum Gasteiger partial charge on any atom is -0.321 e. The van der Waals surface area contributed by atoms with Crippen LogP contribution in [0.2, 0.25) is 0 Å². The van der Waals surface area contributed by atoms with Crippen molar-refractivity contribution in [3.05, 3.63) is 77.2 Å². The van der Waals surface area contributed by atoms with Gasteiger partial charge in [-0.05, 0) is 55.5 Å². The fourth-order valence-corrected chi connectivity index (χ4v) is 4.91. The molecule has 0 aliphatic rings. The van der Waals surface area contributed by atoms with Crippen LogP contribution in [0.5, 0.6) is 0 Å². The zero-order valence-corrected chi connectivity index (χ0v) is 15.4. The van der Waals surface area contributed by atoms with Gasteiger partial charge in [0.15, 0.2) is 5.78 Å². The Kier molecular flexibility index (Phi) is 5.01. The van der Waals surface area contributed by atoms with E-state index in [4.69, 9.17) is 0 Å². The van der Waals surface area contributed by atoms with E-state index in [-0.39, 0.29) is 19.8 Å². The number of benzene rings is 2. The van der Waals surface area contributed by atoms with Gasteiger partial charge in [-0.3, -0.25) is 9.59 Å². The molecule has 0 radical (unpaired) electrons. The maximum absolute atomic E-state index is 12.6. The molecular formula is C19H15NO4S2. The van der Waals surface area contributed by atoms with Crippen LogP contribution >= 0.6 is 11.3 Å². The molecule has 5 nitrogen and oxygen atoms in total. The summed E-state index contributed by atoms with van der Waals surface area (Å²) in [5, 5.41) is 2.69. The van der Waals surface area contributed by atoms with Gasteiger partial charge in [-0.2, -0.15) is 0 Å². The first-order chi connectivity index (χ1) is 12.4. The van der Waals surface area contributed by atoms with E-state index in [1.807, 2.05) is 0 Å². The van der Waals surface area contributed by atoms with Crippen molar-refractivity contribution < 1.29 is 18.0 Å². The lowest BCUT2D eigenvalue weighted by molar-refractivity contribution is 0.101.